The van der Waals surface area contributed by atoms with Gasteiger partial charge in [0, 0.05) is 12.2 Å². The average molecular weight is 720 g/mol. The fraction of sp³-hybridized carbons (Fsp3) is 0.143. The van der Waals surface area contributed by atoms with Crippen LogP contribution in [0, 0.1) is 0 Å². The predicted octanol–water partition coefficient (Wildman–Crippen LogP) is 8.57. The van der Waals surface area contributed by atoms with Gasteiger partial charge in [-0.1, -0.05) is 40.9 Å². The van der Waals surface area contributed by atoms with E-state index < -0.39 is 36.6 Å². The number of anilines is 3. The highest BCUT2D eigenvalue weighted by Crippen LogP contribution is 2.36. The zero-order chi connectivity index (χ0) is 33.2. The molecule has 0 fully saturated rings. The van der Waals surface area contributed by atoms with E-state index in [1.54, 1.807) is 24.3 Å². The van der Waals surface area contributed by atoms with E-state index in [0.717, 1.165) is 35.6 Å². The molecule has 5 aromatic rings. The molecule has 0 radical (unpaired) electrons. The van der Waals surface area contributed by atoms with Crippen LogP contribution in [0.3, 0.4) is 0 Å². The number of aromatic amines is 1. The van der Waals surface area contributed by atoms with Crippen molar-refractivity contribution in [1.82, 2.24) is 20.3 Å². The highest BCUT2D eigenvalue weighted by molar-refractivity contribution is 7.18. The van der Waals surface area contributed by atoms with Gasteiger partial charge in [0.15, 0.2) is 12.3 Å². The van der Waals surface area contributed by atoms with E-state index in [9.17, 15) is 31.5 Å². The van der Waals surface area contributed by atoms with Crippen LogP contribution in [-0.2, 0) is 12.7 Å². The molecule has 0 saturated carbocycles. The van der Waals surface area contributed by atoms with Crippen LogP contribution >= 0.6 is 46.1 Å². The number of carbonyl (C=O) groups is 2. The second-order valence-electron chi connectivity index (χ2n) is 9.34. The summed E-state index contributed by atoms with van der Waals surface area (Å²) in [5.41, 5.74) is -0.385. The minimum atomic E-state index is -4.58. The number of ether oxygens (including phenoxy) is 1. The predicted molar refractivity (Wildman–Crippen MR) is 165 cm³/mol. The Morgan fingerprint density at radius 1 is 0.978 bits per heavy atom. The van der Waals surface area contributed by atoms with Gasteiger partial charge in [-0.2, -0.15) is 23.1 Å². The number of hydrogen-bond donors (Lipinski definition) is 4. The van der Waals surface area contributed by atoms with Crippen molar-refractivity contribution >= 4 is 86.4 Å². The average Bonchev–Trinajstić information content (AvgIpc) is 3.62. The topological polar surface area (TPSA) is 121 Å². The first kappa shape index (κ1) is 33.2. The SMILES string of the molecule is O=C(NCc1ccc(Cl)c(Nc2nc3nc(OCC(F)F)c(C(=O)Nc4ccc(C(F)(F)F)cc4)cc3[nH]2)c1Cl)c1ccc(Cl)s1. The molecule has 0 aliphatic carbocycles. The highest BCUT2D eigenvalue weighted by Gasteiger charge is 2.30. The van der Waals surface area contributed by atoms with Gasteiger partial charge in [-0.15, -0.1) is 11.3 Å². The largest absolute Gasteiger partial charge is 0.471 e. The first-order valence-electron chi connectivity index (χ1n) is 12.9. The van der Waals surface area contributed by atoms with E-state index >= 15 is 0 Å². The zero-order valence-electron chi connectivity index (χ0n) is 22.7. The number of pyridine rings is 1. The van der Waals surface area contributed by atoms with E-state index in [1.165, 1.54) is 6.07 Å². The molecule has 46 heavy (non-hydrogen) atoms. The van der Waals surface area contributed by atoms with Gasteiger partial charge in [0.1, 0.15) is 5.56 Å². The normalized spacial score (nSPS) is 11.6. The fourth-order valence-electron chi connectivity index (χ4n) is 4.00. The van der Waals surface area contributed by atoms with Gasteiger partial charge in [0.25, 0.3) is 18.2 Å². The van der Waals surface area contributed by atoms with Crippen LogP contribution in [0.2, 0.25) is 14.4 Å². The van der Waals surface area contributed by atoms with Crippen molar-refractivity contribution in [2.75, 3.05) is 17.2 Å². The van der Waals surface area contributed by atoms with Crippen LogP contribution in [0.4, 0.5) is 39.3 Å². The van der Waals surface area contributed by atoms with Crippen LogP contribution in [0.25, 0.3) is 11.2 Å². The molecule has 0 atom stereocenters. The summed E-state index contributed by atoms with van der Waals surface area (Å²) >= 11 is 20.0. The lowest BCUT2D eigenvalue weighted by molar-refractivity contribution is -0.137. The second-order valence-corrected chi connectivity index (χ2v) is 11.8. The second kappa shape index (κ2) is 13.7. The lowest BCUT2D eigenvalue weighted by Gasteiger charge is -2.13. The Hall–Kier alpha value is -4.18. The van der Waals surface area contributed by atoms with E-state index in [2.05, 4.69) is 30.9 Å². The van der Waals surface area contributed by atoms with Crippen LogP contribution in [0.15, 0.2) is 54.6 Å². The molecule has 3 heterocycles. The maximum atomic E-state index is 13.1. The van der Waals surface area contributed by atoms with Gasteiger partial charge in [-0.3, -0.25) is 9.59 Å². The fourth-order valence-corrected chi connectivity index (χ4v) is 5.50. The maximum absolute atomic E-state index is 13.1. The third-order valence-corrected chi connectivity index (χ3v) is 8.13. The van der Waals surface area contributed by atoms with Crippen molar-refractivity contribution in [1.29, 1.82) is 0 Å². The number of H-pyrrole nitrogens is 1. The lowest BCUT2D eigenvalue weighted by atomic mass is 10.2. The number of thiophene rings is 1. The smallest absolute Gasteiger partial charge is 0.416 e. The van der Waals surface area contributed by atoms with Crippen molar-refractivity contribution in [2.24, 2.45) is 0 Å². The van der Waals surface area contributed by atoms with Gasteiger partial charge in [0.05, 0.1) is 36.0 Å². The van der Waals surface area contributed by atoms with Crippen LogP contribution < -0.4 is 20.7 Å². The van der Waals surface area contributed by atoms with Gasteiger partial charge in [-0.25, -0.2) is 8.78 Å². The molecule has 0 aliphatic heterocycles. The number of amides is 2. The van der Waals surface area contributed by atoms with Gasteiger partial charge >= 0.3 is 6.18 Å². The molecular formula is C28H18Cl3F5N6O3S. The molecule has 0 spiro atoms. The Morgan fingerprint density at radius 3 is 2.37 bits per heavy atom. The summed E-state index contributed by atoms with van der Waals surface area (Å²) in [6, 6.07) is 11.2. The molecule has 9 nitrogen and oxygen atoms in total. The number of alkyl halides is 5. The number of hydrogen-bond acceptors (Lipinski definition) is 7. The number of benzene rings is 2. The van der Waals surface area contributed by atoms with Crippen molar-refractivity contribution < 1.29 is 36.3 Å². The van der Waals surface area contributed by atoms with Gasteiger partial charge < -0.3 is 25.7 Å². The summed E-state index contributed by atoms with van der Waals surface area (Å²) in [5, 5.41) is 8.40. The number of aromatic nitrogens is 3. The van der Waals surface area contributed by atoms with E-state index in [0.29, 0.717) is 14.8 Å². The molecule has 240 valence electrons. The van der Waals surface area contributed by atoms with Crippen LogP contribution in [-0.4, -0.2) is 39.8 Å². The van der Waals surface area contributed by atoms with Crippen molar-refractivity contribution in [3.05, 3.63) is 90.5 Å². The monoisotopic (exact) mass is 718 g/mol. The molecule has 0 aliphatic rings. The molecule has 2 aromatic carbocycles. The summed E-state index contributed by atoms with van der Waals surface area (Å²) in [6.45, 7) is -1.05. The number of nitrogens with one attached hydrogen (secondary N) is 4. The summed E-state index contributed by atoms with van der Waals surface area (Å²) in [7, 11) is 0. The summed E-state index contributed by atoms with van der Waals surface area (Å²) < 4.78 is 70.2. The Balaban J connectivity index is 1.39. The third-order valence-electron chi connectivity index (χ3n) is 6.15. The van der Waals surface area contributed by atoms with Crippen molar-refractivity contribution in [2.45, 2.75) is 19.1 Å². The van der Waals surface area contributed by atoms with Gasteiger partial charge in [0.2, 0.25) is 11.8 Å². The minimum absolute atomic E-state index is 0.00409. The Kier molecular flexibility index (Phi) is 9.86. The highest BCUT2D eigenvalue weighted by atomic mass is 35.5. The molecule has 0 unspecified atom stereocenters. The van der Waals surface area contributed by atoms with E-state index in [4.69, 9.17) is 39.5 Å². The molecule has 5 rings (SSSR count). The molecule has 2 amide bonds. The first-order chi connectivity index (χ1) is 21.8. The quantitative estimate of drug-likeness (QED) is 0.107. The number of carbonyl (C=O) groups excluding carboxylic acids is 2. The summed E-state index contributed by atoms with van der Waals surface area (Å²) in [6.07, 6.45) is -7.48. The molecule has 3 aromatic heterocycles. The minimum Gasteiger partial charge on any atom is -0.471 e. The summed E-state index contributed by atoms with van der Waals surface area (Å²) in [4.78, 5) is 37.1. The molecule has 18 heteroatoms. The molecule has 0 bridgehead atoms. The van der Waals surface area contributed by atoms with Crippen LogP contribution in [0.5, 0.6) is 5.88 Å². The number of halogens is 8. The Bertz CT molecular complexity index is 1920. The molecular weight excluding hydrogens is 702 g/mol. The molecule has 4 N–H and O–H groups in total. The van der Waals surface area contributed by atoms with E-state index in [-0.39, 0.29) is 56.5 Å². The van der Waals surface area contributed by atoms with Gasteiger partial charge in [-0.05, 0) is 54.1 Å². The number of rotatable bonds is 10. The maximum Gasteiger partial charge on any atom is 0.416 e. The van der Waals surface area contributed by atoms with Crippen molar-refractivity contribution in [3.63, 3.8) is 0 Å². The van der Waals surface area contributed by atoms with Crippen molar-refractivity contribution in [3.8, 4) is 5.88 Å². The van der Waals surface area contributed by atoms with E-state index in [1.807, 2.05) is 0 Å². The summed E-state index contributed by atoms with van der Waals surface area (Å²) in [5.74, 6) is -1.70. The molecule has 0 saturated heterocycles. The number of nitrogens with zero attached hydrogens (tertiary/aromatic N) is 2. The lowest BCUT2D eigenvalue weighted by Crippen LogP contribution is -2.22. The number of fused-ring (bicyclic) bond motifs is 1. The van der Waals surface area contributed by atoms with Crippen LogP contribution in [0.1, 0.15) is 31.2 Å². The first-order valence-corrected chi connectivity index (χ1v) is 14.8. The standard InChI is InChI=1S/C28H18Cl3F5N6O3S/c29-16-6-1-12(10-37-25(44)18-7-8-19(30)46-18)21(31)22(16)40-27-39-17-9-15(26(41-23(17)42-27)45-11-20(32)33)24(43)38-14-4-2-13(3-5-14)28(34,35)36/h1-9,20H,10-11H2,(H,37,44)(H,38,43)(H2,39,40,41,42). The Morgan fingerprint density at radius 2 is 1.72 bits per heavy atom. The third kappa shape index (κ3) is 7.78. The number of imidazole rings is 1. The Labute approximate surface area is 275 Å². The zero-order valence-corrected chi connectivity index (χ0v) is 25.8.